The molecule has 0 aromatic carbocycles. The molecule has 1 aliphatic carbocycles. The van der Waals surface area contributed by atoms with Gasteiger partial charge in [-0.3, -0.25) is 14.6 Å². The molecule has 6 nitrogen and oxygen atoms in total. The fourth-order valence-electron chi connectivity index (χ4n) is 4.79. The van der Waals surface area contributed by atoms with Gasteiger partial charge in [0.25, 0.3) is 5.91 Å². The SMILES string of the molecule is CN1C(=O)c2cccnc2C12CCN(C(=O)C1(C#N)CCCC1)CC2. The van der Waals surface area contributed by atoms with E-state index in [4.69, 9.17) is 0 Å². The molecule has 25 heavy (non-hydrogen) atoms. The molecule has 6 heteroatoms. The molecule has 3 aliphatic rings. The van der Waals surface area contributed by atoms with E-state index in [0.29, 0.717) is 44.3 Å². The lowest BCUT2D eigenvalue weighted by Gasteiger charge is -2.44. The molecule has 3 heterocycles. The predicted molar refractivity (Wildman–Crippen MR) is 90.3 cm³/mol. The van der Waals surface area contributed by atoms with Crippen molar-refractivity contribution >= 4 is 11.8 Å². The molecule has 0 atom stereocenters. The molecule has 0 N–H and O–H groups in total. The monoisotopic (exact) mass is 338 g/mol. The zero-order valence-electron chi connectivity index (χ0n) is 14.5. The maximum absolute atomic E-state index is 13.0. The van der Waals surface area contributed by atoms with Gasteiger partial charge in [0.05, 0.1) is 22.9 Å². The third kappa shape index (κ3) is 2.11. The fraction of sp³-hybridized carbons (Fsp3) is 0.579. The Morgan fingerprint density at radius 3 is 2.56 bits per heavy atom. The minimum Gasteiger partial charge on any atom is -0.341 e. The first-order chi connectivity index (χ1) is 12.0. The zero-order valence-corrected chi connectivity index (χ0v) is 14.5. The van der Waals surface area contributed by atoms with Gasteiger partial charge in [0.15, 0.2) is 0 Å². The Balaban J connectivity index is 1.57. The van der Waals surface area contributed by atoms with Crippen LogP contribution in [0.2, 0.25) is 0 Å². The predicted octanol–water partition coefficient (Wildman–Crippen LogP) is 2.07. The number of likely N-dealkylation sites (tertiary alicyclic amines) is 1. The van der Waals surface area contributed by atoms with Gasteiger partial charge in [0.2, 0.25) is 5.91 Å². The molecule has 1 saturated carbocycles. The first-order valence-corrected chi connectivity index (χ1v) is 8.98. The molecule has 1 spiro atoms. The number of piperidine rings is 1. The molecule has 1 aromatic rings. The van der Waals surface area contributed by atoms with Crippen LogP contribution in [0.5, 0.6) is 0 Å². The van der Waals surface area contributed by atoms with E-state index >= 15 is 0 Å². The van der Waals surface area contributed by atoms with E-state index in [9.17, 15) is 14.9 Å². The Hall–Kier alpha value is -2.42. The van der Waals surface area contributed by atoms with Gasteiger partial charge >= 0.3 is 0 Å². The van der Waals surface area contributed by atoms with E-state index in [1.165, 1.54) is 0 Å². The van der Waals surface area contributed by atoms with E-state index in [-0.39, 0.29) is 11.8 Å². The van der Waals surface area contributed by atoms with Crippen molar-refractivity contribution in [2.75, 3.05) is 20.1 Å². The van der Waals surface area contributed by atoms with E-state index < -0.39 is 11.0 Å². The number of pyridine rings is 1. The summed E-state index contributed by atoms with van der Waals surface area (Å²) in [5, 5.41) is 9.57. The lowest BCUT2D eigenvalue weighted by molar-refractivity contribution is -0.141. The zero-order chi connectivity index (χ0) is 17.7. The molecule has 4 rings (SSSR count). The van der Waals surface area contributed by atoms with Crippen molar-refractivity contribution in [3.05, 3.63) is 29.6 Å². The number of nitrogens with zero attached hydrogens (tertiary/aromatic N) is 4. The Morgan fingerprint density at radius 2 is 1.92 bits per heavy atom. The Kier molecular flexibility index (Phi) is 3.57. The molecule has 130 valence electrons. The normalized spacial score (nSPS) is 23.6. The van der Waals surface area contributed by atoms with Crippen LogP contribution < -0.4 is 0 Å². The molecule has 1 aromatic heterocycles. The van der Waals surface area contributed by atoms with Gasteiger partial charge < -0.3 is 9.80 Å². The second-order valence-electron chi connectivity index (χ2n) is 7.49. The lowest BCUT2D eigenvalue weighted by Crippen LogP contribution is -2.53. The molecule has 2 amide bonds. The maximum atomic E-state index is 13.0. The van der Waals surface area contributed by atoms with Gasteiger partial charge in [-0.1, -0.05) is 12.8 Å². The summed E-state index contributed by atoms with van der Waals surface area (Å²) in [6.45, 7) is 1.13. The molecule has 0 radical (unpaired) electrons. The second kappa shape index (κ2) is 5.55. The number of hydrogen-bond acceptors (Lipinski definition) is 4. The summed E-state index contributed by atoms with van der Waals surface area (Å²) in [6.07, 6.45) is 6.32. The van der Waals surface area contributed by atoms with Crippen molar-refractivity contribution in [3.63, 3.8) is 0 Å². The molecule has 1 saturated heterocycles. The number of nitriles is 1. The highest BCUT2D eigenvalue weighted by Crippen LogP contribution is 2.46. The Bertz CT molecular complexity index is 768. The van der Waals surface area contributed by atoms with Crippen molar-refractivity contribution in [2.24, 2.45) is 5.41 Å². The number of aromatic nitrogens is 1. The summed E-state index contributed by atoms with van der Waals surface area (Å²) in [5.74, 6) is -0.0114. The maximum Gasteiger partial charge on any atom is 0.256 e. The summed E-state index contributed by atoms with van der Waals surface area (Å²) >= 11 is 0. The van der Waals surface area contributed by atoms with Gasteiger partial charge in [-0.2, -0.15) is 5.26 Å². The van der Waals surface area contributed by atoms with E-state index in [2.05, 4.69) is 11.1 Å². The van der Waals surface area contributed by atoms with Crippen LogP contribution in [0.25, 0.3) is 0 Å². The summed E-state index contributed by atoms with van der Waals surface area (Å²) in [7, 11) is 1.83. The first-order valence-electron chi connectivity index (χ1n) is 8.98. The van der Waals surface area contributed by atoms with E-state index in [1.807, 2.05) is 18.0 Å². The van der Waals surface area contributed by atoms with Crippen molar-refractivity contribution in [2.45, 2.75) is 44.1 Å². The van der Waals surface area contributed by atoms with Gasteiger partial charge in [-0.05, 0) is 37.8 Å². The minimum atomic E-state index is -0.821. The van der Waals surface area contributed by atoms with Crippen LogP contribution in [0.4, 0.5) is 0 Å². The fourth-order valence-corrected chi connectivity index (χ4v) is 4.79. The van der Waals surface area contributed by atoms with Crippen LogP contribution in [0.1, 0.15) is 54.6 Å². The first kappa shape index (κ1) is 16.1. The van der Waals surface area contributed by atoms with Gasteiger partial charge in [-0.15, -0.1) is 0 Å². The summed E-state index contributed by atoms with van der Waals surface area (Å²) in [4.78, 5) is 33.6. The number of fused-ring (bicyclic) bond motifs is 2. The largest absolute Gasteiger partial charge is 0.341 e. The van der Waals surface area contributed by atoms with Crippen LogP contribution in [-0.2, 0) is 10.3 Å². The average Bonchev–Trinajstić information content (AvgIpc) is 3.23. The Labute approximate surface area is 147 Å². The molecular formula is C19H22N4O2. The van der Waals surface area contributed by atoms with Crippen molar-refractivity contribution in [1.29, 1.82) is 5.26 Å². The third-order valence-corrected chi connectivity index (χ3v) is 6.38. The highest BCUT2D eigenvalue weighted by Gasteiger charge is 2.52. The minimum absolute atomic E-state index is 0.00663. The van der Waals surface area contributed by atoms with Gasteiger partial charge in [-0.25, -0.2) is 0 Å². The van der Waals surface area contributed by atoms with Crippen LogP contribution in [0.3, 0.4) is 0 Å². The van der Waals surface area contributed by atoms with Crippen molar-refractivity contribution < 1.29 is 9.59 Å². The molecular weight excluding hydrogens is 316 g/mol. The Morgan fingerprint density at radius 1 is 1.24 bits per heavy atom. The molecule has 2 fully saturated rings. The van der Waals surface area contributed by atoms with Crippen LogP contribution >= 0.6 is 0 Å². The quantitative estimate of drug-likeness (QED) is 0.785. The van der Waals surface area contributed by atoms with Crippen LogP contribution in [-0.4, -0.2) is 46.7 Å². The topological polar surface area (TPSA) is 77.3 Å². The standard InChI is InChI=1S/C19H22N4O2/c1-22-16(24)14-5-4-10-21-15(14)19(22)8-11-23(12-9-19)17(25)18(13-20)6-2-3-7-18/h4-5,10H,2-3,6-9,11-12H2,1H3. The molecule has 0 bridgehead atoms. The summed E-state index contributed by atoms with van der Waals surface area (Å²) in [5.41, 5.74) is 0.275. The third-order valence-electron chi connectivity index (χ3n) is 6.38. The highest BCUT2D eigenvalue weighted by atomic mass is 16.2. The second-order valence-corrected chi connectivity index (χ2v) is 7.49. The van der Waals surface area contributed by atoms with E-state index in [1.54, 1.807) is 17.2 Å². The van der Waals surface area contributed by atoms with Gasteiger partial charge in [0, 0.05) is 26.3 Å². The van der Waals surface area contributed by atoms with Gasteiger partial charge in [0.1, 0.15) is 5.41 Å². The molecule has 0 unspecified atom stereocenters. The molecule has 2 aliphatic heterocycles. The van der Waals surface area contributed by atoms with Crippen LogP contribution in [0.15, 0.2) is 18.3 Å². The summed E-state index contributed by atoms with van der Waals surface area (Å²) in [6, 6.07) is 5.92. The number of hydrogen-bond donors (Lipinski definition) is 0. The number of carbonyl (C=O) groups is 2. The lowest BCUT2D eigenvalue weighted by atomic mass is 9.81. The number of rotatable bonds is 1. The number of amides is 2. The average molecular weight is 338 g/mol. The van der Waals surface area contributed by atoms with E-state index in [0.717, 1.165) is 18.5 Å². The van der Waals surface area contributed by atoms with Crippen molar-refractivity contribution in [3.8, 4) is 6.07 Å². The highest BCUT2D eigenvalue weighted by molar-refractivity contribution is 5.99. The smallest absolute Gasteiger partial charge is 0.256 e. The number of carbonyl (C=O) groups excluding carboxylic acids is 2. The van der Waals surface area contributed by atoms with Crippen LogP contribution in [0, 0.1) is 16.7 Å². The summed E-state index contributed by atoms with van der Waals surface area (Å²) < 4.78 is 0. The van der Waals surface area contributed by atoms with Crippen molar-refractivity contribution in [1.82, 2.24) is 14.8 Å².